The molecule has 5 heteroatoms. The van der Waals surface area contributed by atoms with Crippen LogP contribution in [0.2, 0.25) is 0 Å². The number of ether oxygens (including phenoxy) is 1. The lowest BCUT2D eigenvalue weighted by Gasteiger charge is -2.10. The van der Waals surface area contributed by atoms with Gasteiger partial charge in [-0.05, 0) is 19.0 Å². The van der Waals surface area contributed by atoms with E-state index in [1.807, 2.05) is 24.3 Å². The largest absolute Gasteiger partial charge is 0.481 e. The molecule has 0 radical (unpaired) electrons. The maximum absolute atomic E-state index is 5.50. The van der Waals surface area contributed by atoms with E-state index >= 15 is 0 Å². The second-order valence-corrected chi connectivity index (χ2v) is 4.31. The number of rotatable bonds is 8. The van der Waals surface area contributed by atoms with Crippen LogP contribution in [0.4, 0.5) is 0 Å². The molecule has 0 bridgehead atoms. The Hall–Kier alpha value is -2.32. The van der Waals surface area contributed by atoms with E-state index in [9.17, 15) is 0 Å². The summed E-state index contributed by atoms with van der Waals surface area (Å²) in [4.78, 5) is 4.09. The molecule has 0 aliphatic heterocycles. The smallest absolute Gasteiger partial charge is 0.148 e. The predicted molar refractivity (Wildman–Crippen MR) is 77.2 cm³/mol. The molecule has 1 heterocycles. The quantitative estimate of drug-likeness (QED) is 0.564. The fourth-order valence-corrected chi connectivity index (χ4v) is 1.87. The third kappa shape index (κ3) is 4.41. The molecule has 0 amide bonds. The molecular weight excluding hydrogens is 252 g/mol. The van der Waals surface area contributed by atoms with Crippen molar-refractivity contribution < 1.29 is 4.74 Å². The van der Waals surface area contributed by atoms with Gasteiger partial charge in [0.05, 0.1) is 0 Å². The van der Waals surface area contributed by atoms with E-state index in [-0.39, 0.29) is 0 Å². The van der Waals surface area contributed by atoms with Crippen molar-refractivity contribution in [1.82, 2.24) is 20.5 Å². The normalized spacial score (nSPS) is 10.2. The number of H-pyrrole nitrogens is 1. The van der Waals surface area contributed by atoms with Crippen LogP contribution < -0.4 is 10.1 Å². The highest BCUT2D eigenvalue weighted by atomic mass is 16.5. The molecule has 0 aliphatic rings. The van der Waals surface area contributed by atoms with Gasteiger partial charge < -0.3 is 10.1 Å². The molecule has 0 atom stereocenters. The number of aromatic nitrogens is 3. The lowest BCUT2D eigenvalue weighted by atomic mass is 10.2. The molecule has 0 unspecified atom stereocenters. The van der Waals surface area contributed by atoms with E-state index in [2.05, 4.69) is 26.4 Å². The van der Waals surface area contributed by atoms with Crippen molar-refractivity contribution in [2.45, 2.75) is 19.4 Å². The minimum atomic E-state index is 0.294. The Morgan fingerprint density at radius 1 is 1.35 bits per heavy atom. The monoisotopic (exact) mass is 270 g/mol. The molecule has 20 heavy (non-hydrogen) atoms. The van der Waals surface area contributed by atoms with Crippen molar-refractivity contribution >= 4 is 0 Å². The summed E-state index contributed by atoms with van der Waals surface area (Å²) in [5.41, 5.74) is 1.11. The zero-order valence-electron chi connectivity index (χ0n) is 11.3. The van der Waals surface area contributed by atoms with Gasteiger partial charge in [-0.25, -0.2) is 4.98 Å². The van der Waals surface area contributed by atoms with Gasteiger partial charge in [0.25, 0.3) is 0 Å². The first-order valence-corrected chi connectivity index (χ1v) is 6.59. The van der Waals surface area contributed by atoms with Crippen LogP contribution in [0.3, 0.4) is 0 Å². The minimum absolute atomic E-state index is 0.294. The number of nitrogens with zero attached hydrogens (tertiary/aromatic N) is 2. The van der Waals surface area contributed by atoms with Crippen molar-refractivity contribution in [3.63, 3.8) is 0 Å². The standard InChI is InChI=1S/C15H18N4O/c1-2-10-20-14-7-4-3-6-13(14)11-16-9-5-8-15-17-12-18-19-15/h1,3-4,6-7,12,16H,5,8-11H2,(H,17,18,19). The van der Waals surface area contributed by atoms with Crippen LogP contribution in [0, 0.1) is 12.3 Å². The maximum atomic E-state index is 5.50. The number of hydrogen-bond acceptors (Lipinski definition) is 4. The van der Waals surface area contributed by atoms with Crippen molar-refractivity contribution in [2.24, 2.45) is 0 Å². The van der Waals surface area contributed by atoms with Gasteiger partial charge in [-0.1, -0.05) is 24.1 Å². The predicted octanol–water partition coefficient (Wildman–Crippen LogP) is 1.54. The summed E-state index contributed by atoms with van der Waals surface area (Å²) < 4.78 is 5.50. The average molecular weight is 270 g/mol. The molecule has 1 aromatic carbocycles. The highest BCUT2D eigenvalue weighted by Gasteiger charge is 2.02. The van der Waals surface area contributed by atoms with Crippen molar-refractivity contribution in [1.29, 1.82) is 0 Å². The number of terminal acetylenes is 1. The fraction of sp³-hybridized carbons (Fsp3) is 0.333. The first-order chi connectivity index (χ1) is 9.90. The van der Waals surface area contributed by atoms with E-state index in [1.165, 1.54) is 6.33 Å². The summed E-state index contributed by atoms with van der Waals surface area (Å²) in [5.74, 6) is 4.24. The summed E-state index contributed by atoms with van der Waals surface area (Å²) >= 11 is 0. The number of para-hydroxylation sites is 1. The van der Waals surface area contributed by atoms with Gasteiger partial charge in [0.2, 0.25) is 0 Å². The third-order valence-electron chi connectivity index (χ3n) is 2.83. The van der Waals surface area contributed by atoms with E-state index in [0.717, 1.165) is 43.1 Å². The van der Waals surface area contributed by atoms with Crippen LogP contribution in [0.5, 0.6) is 5.75 Å². The lowest BCUT2D eigenvalue weighted by Crippen LogP contribution is -2.16. The molecule has 0 saturated heterocycles. The highest BCUT2D eigenvalue weighted by Crippen LogP contribution is 2.17. The summed E-state index contributed by atoms with van der Waals surface area (Å²) in [6, 6.07) is 7.91. The number of aromatic amines is 1. The summed E-state index contributed by atoms with van der Waals surface area (Å²) in [6.07, 6.45) is 8.63. The topological polar surface area (TPSA) is 62.8 Å². The van der Waals surface area contributed by atoms with Gasteiger partial charge in [0, 0.05) is 18.5 Å². The summed E-state index contributed by atoms with van der Waals surface area (Å²) in [7, 11) is 0. The molecule has 0 aliphatic carbocycles. The van der Waals surface area contributed by atoms with Crippen LogP contribution in [0.25, 0.3) is 0 Å². The Labute approximate surface area is 118 Å². The van der Waals surface area contributed by atoms with Crippen LogP contribution in [0.15, 0.2) is 30.6 Å². The van der Waals surface area contributed by atoms with Gasteiger partial charge in [0.15, 0.2) is 0 Å². The Balaban J connectivity index is 1.72. The minimum Gasteiger partial charge on any atom is -0.481 e. The zero-order chi connectivity index (χ0) is 14.0. The second-order valence-electron chi connectivity index (χ2n) is 4.31. The molecule has 2 rings (SSSR count). The SMILES string of the molecule is C#CCOc1ccccc1CNCCCc1ncn[nH]1. The zero-order valence-corrected chi connectivity index (χ0v) is 11.3. The average Bonchev–Trinajstić information content (AvgIpc) is 2.99. The van der Waals surface area contributed by atoms with E-state index in [0.29, 0.717) is 6.61 Å². The van der Waals surface area contributed by atoms with Crippen molar-refractivity contribution in [3.8, 4) is 18.1 Å². The van der Waals surface area contributed by atoms with Gasteiger partial charge >= 0.3 is 0 Å². The van der Waals surface area contributed by atoms with E-state index < -0.39 is 0 Å². The summed E-state index contributed by atoms with van der Waals surface area (Å²) in [6.45, 7) is 1.96. The molecule has 2 aromatic rings. The van der Waals surface area contributed by atoms with Gasteiger partial charge in [-0.2, -0.15) is 5.10 Å². The Morgan fingerprint density at radius 2 is 2.25 bits per heavy atom. The Bertz CT molecular complexity index is 545. The van der Waals surface area contributed by atoms with Crippen LogP contribution in [-0.2, 0) is 13.0 Å². The Morgan fingerprint density at radius 3 is 3.05 bits per heavy atom. The number of hydrogen-bond donors (Lipinski definition) is 2. The lowest BCUT2D eigenvalue weighted by molar-refractivity contribution is 0.365. The first kappa shape index (κ1) is 14.1. The van der Waals surface area contributed by atoms with E-state index in [4.69, 9.17) is 11.2 Å². The van der Waals surface area contributed by atoms with Crippen LogP contribution in [-0.4, -0.2) is 28.3 Å². The molecule has 0 saturated carbocycles. The van der Waals surface area contributed by atoms with Gasteiger partial charge in [0.1, 0.15) is 24.5 Å². The summed E-state index contributed by atoms with van der Waals surface area (Å²) in [5, 5.41) is 10.1. The highest BCUT2D eigenvalue weighted by molar-refractivity contribution is 5.33. The molecular formula is C15H18N4O. The van der Waals surface area contributed by atoms with Gasteiger partial charge in [-0.15, -0.1) is 6.42 Å². The Kier molecular flexibility index (Phi) is 5.62. The number of benzene rings is 1. The maximum Gasteiger partial charge on any atom is 0.148 e. The number of aryl methyl sites for hydroxylation is 1. The molecule has 0 spiro atoms. The molecule has 1 aromatic heterocycles. The second kappa shape index (κ2) is 7.97. The molecule has 104 valence electrons. The molecule has 5 nitrogen and oxygen atoms in total. The molecule has 2 N–H and O–H groups in total. The molecule has 0 fully saturated rings. The van der Waals surface area contributed by atoms with Crippen molar-refractivity contribution in [2.75, 3.05) is 13.2 Å². The third-order valence-corrected chi connectivity index (χ3v) is 2.83. The fourth-order valence-electron chi connectivity index (χ4n) is 1.87. The first-order valence-electron chi connectivity index (χ1n) is 6.59. The van der Waals surface area contributed by atoms with E-state index in [1.54, 1.807) is 0 Å². The number of nitrogens with one attached hydrogen (secondary N) is 2. The van der Waals surface area contributed by atoms with Crippen LogP contribution in [0.1, 0.15) is 17.8 Å². The van der Waals surface area contributed by atoms with Crippen molar-refractivity contribution in [3.05, 3.63) is 42.0 Å². The van der Waals surface area contributed by atoms with Gasteiger partial charge in [-0.3, -0.25) is 5.10 Å². The van der Waals surface area contributed by atoms with Crippen LogP contribution >= 0.6 is 0 Å².